The number of aryl methyl sites for hydroxylation is 1. The molecular weight excluding hydrogens is 368 g/mol. The fourth-order valence-electron chi connectivity index (χ4n) is 1.64. The topological polar surface area (TPSA) is 38.0 Å². The minimum atomic E-state index is -0.630. The van der Waals surface area contributed by atoms with Crippen LogP contribution in [0.4, 0.5) is 0 Å². The van der Waals surface area contributed by atoms with Gasteiger partial charge in [-0.05, 0) is 44.3 Å². The summed E-state index contributed by atoms with van der Waals surface area (Å²) >= 11 is 8.37. The van der Waals surface area contributed by atoms with Crippen LogP contribution < -0.4 is 0 Å². The van der Waals surface area contributed by atoms with Crippen molar-refractivity contribution < 1.29 is 5.11 Å². The zero-order valence-electron chi connectivity index (χ0n) is 9.23. The summed E-state index contributed by atoms with van der Waals surface area (Å²) in [7, 11) is 0. The molecule has 92 valence electrons. The van der Waals surface area contributed by atoms with Crippen LogP contribution in [0.5, 0.6) is 0 Å². The van der Waals surface area contributed by atoms with E-state index in [1.807, 2.05) is 16.1 Å². The summed E-state index contributed by atoms with van der Waals surface area (Å²) in [5, 5.41) is 16.6. The van der Waals surface area contributed by atoms with E-state index >= 15 is 0 Å². The first-order valence-corrected chi connectivity index (χ1v) is 7.73. The normalized spacial score (nSPS) is 12.9. The zero-order valence-corrected chi connectivity index (χ0v) is 13.2. The Balaban J connectivity index is 2.35. The van der Waals surface area contributed by atoms with Gasteiger partial charge in [0.1, 0.15) is 6.10 Å². The second-order valence-corrected chi connectivity index (χ2v) is 6.38. The lowest BCUT2D eigenvalue weighted by Crippen LogP contribution is -2.09. The van der Waals surface area contributed by atoms with Gasteiger partial charge in [0, 0.05) is 21.3 Å². The molecular formula is C11H12Br2N2OS. The van der Waals surface area contributed by atoms with E-state index in [0.717, 1.165) is 32.5 Å². The van der Waals surface area contributed by atoms with Gasteiger partial charge < -0.3 is 5.11 Å². The SMILES string of the molecule is CCCn1ncc(Br)c1C(O)c1cc(Br)cs1. The lowest BCUT2D eigenvalue weighted by Gasteiger charge is -2.12. The highest BCUT2D eigenvalue weighted by Crippen LogP contribution is 2.33. The van der Waals surface area contributed by atoms with Crippen LogP contribution >= 0.6 is 43.2 Å². The van der Waals surface area contributed by atoms with Crippen LogP contribution in [0, 0.1) is 0 Å². The number of halogens is 2. The Hall–Kier alpha value is -0.170. The summed E-state index contributed by atoms with van der Waals surface area (Å²) in [6.07, 6.45) is 2.09. The van der Waals surface area contributed by atoms with Gasteiger partial charge >= 0.3 is 0 Å². The number of aromatic nitrogens is 2. The fraction of sp³-hybridized carbons (Fsp3) is 0.364. The minimum Gasteiger partial charge on any atom is -0.381 e. The molecule has 0 aliphatic carbocycles. The summed E-state index contributed by atoms with van der Waals surface area (Å²) in [6, 6.07) is 1.94. The van der Waals surface area contributed by atoms with Gasteiger partial charge in [-0.3, -0.25) is 4.68 Å². The first kappa shape index (κ1) is 13.3. The van der Waals surface area contributed by atoms with Crippen molar-refractivity contribution >= 4 is 43.2 Å². The quantitative estimate of drug-likeness (QED) is 0.872. The Kier molecular flexibility index (Phi) is 4.41. The maximum atomic E-state index is 10.4. The number of aliphatic hydroxyl groups is 1. The minimum absolute atomic E-state index is 0.630. The van der Waals surface area contributed by atoms with Crippen LogP contribution in [0.1, 0.15) is 30.0 Å². The Labute approximate surface area is 121 Å². The molecule has 0 aliphatic heterocycles. The third-order valence-corrected chi connectivity index (χ3v) is 4.74. The van der Waals surface area contributed by atoms with E-state index in [0.29, 0.717) is 0 Å². The maximum Gasteiger partial charge on any atom is 0.131 e. The summed E-state index contributed by atoms with van der Waals surface area (Å²) in [4.78, 5) is 0.912. The van der Waals surface area contributed by atoms with Gasteiger partial charge in [0.2, 0.25) is 0 Å². The molecule has 3 nitrogen and oxygen atoms in total. The van der Waals surface area contributed by atoms with Crippen LogP contribution in [-0.2, 0) is 6.54 Å². The molecule has 0 amide bonds. The van der Waals surface area contributed by atoms with E-state index in [4.69, 9.17) is 0 Å². The average molecular weight is 380 g/mol. The van der Waals surface area contributed by atoms with Gasteiger partial charge in [0.25, 0.3) is 0 Å². The van der Waals surface area contributed by atoms with Gasteiger partial charge in [-0.2, -0.15) is 5.10 Å². The smallest absolute Gasteiger partial charge is 0.131 e. The molecule has 17 heavy (non-hydrogen) atoms. The number of hydrogen-bond acceptors (Lipinski definition) is 3. The number of thiophene rings is 1. The molecule has 0 spiro atoms. The summed E-state index contributed by atoms with van der Waals surface area (Å²) in [5.41, 5.74) is 0.821. The predicted molar refractivity (Wildman–Crippen MR) is 76.3 cm³/mol. The maximum absolute atomic E-state index is 10.4. The van der Waals surface area contributed by atoms with Gasteiger partial charge in [0.15, 0.2) is 0 Å². The largest absolute Gasteiger partial charge is 0.381 e. The number of aliphatic hydroxyl groups excluding tert-OH is 1. The Morgan fingerprint density at radius 1 is 1.53 bits per heavy atom. The highest BCUT2D eigenvalue weighted by molar-refractivity contribution is 9.10. The molecule has 0 aromatic carbocycles. The van der Waals surface area contributed by atoms with Crippen molar-refractivity contribution in [3.05, 3.63) is 37.2 Å². The lowest BCUT2D eigenvalue weighted by molar-refractivity contribution is 0.210. The molecule has 2 rings (SSSR count). The average Bonchev–Trinajstić information content (AvgIpc) is 2.86. The van der Waals surface area contributed by atoms with E-state index in [1.54, 1.807) is 6.20 Å². The zero-order chi connectivity index (χ0) is 12.4. The second kappa shape index (κ2) is 5.65. The monoisotopic (exact) mass is 378 g/mol. The van der Waals surface area contributed by atoms with Gasteiger partial charge in [-0.1, -0.05) is 6.92 Å². The Morgan fingerprint density at radius 2 is 2.29 bits per heavy atom. The molecule has 0 saturated carbocycles. The van der Waals surface area contributed by atoms with Crippen LogP contribution in [0.3, 0.4) is 0 Å². The Morgan fingerprint density at radius 3 is 2.88 bits per heavy atom. The van der Waals surface area contributed by atoms with E-state index in [1.165, 1.54) is 11.3 Å². The molecule has 2 aromatic heterocycles. The number of rotatable bonds is 4. The molecule has 2 aromatic rings. The fourth-order valence-corrected chi connectivity index (χ4v) is 3.58. The molecule has 1 N–H and O–H groups in total. The van der Waals surface area contributed by atoms with Crippen molar-refractivity contribution in [2.45, 2.75) is 26.0 Å². The van der Waals surface area contributed by atoms with Gasteiger partial charge in [0.05, 0.1) is 16.4 Å². The van der Waals surface area contributed by atoms with Gasteiger partial charge in [-0.25, -0.2) is 0 Å². The van der Waals surface area contributed by atoms with E-state index < -0.39 is 6.10 Å². The number of hydrogen-bond donors (Lipinski definition) is 1. The molecule has 0 radical (unpaired) electrons. The van der Waals surface area contributed by atoms with E-state index in [2.05, 4.69) is 43.9 Å². The van der Waals surface area contributed by atoms with Crippen molar-refractivity contribution in [2.75, 3.05) is 0 Å². The molecule has 6 heteroatoms. The van der Waals surface area contributed by atoms with Crippen molar-refractivity contribution in [3.8, 4) is 0 Å². The van der Waals surface area contributed by atoms with Crippen molar-refractivity contribution in [2.24, 2.45) is 0 Å². The third kappa shape index (κ3) is 2.81. The van der Waals surface area contributed by atoms with Crippen LogP contribution in [0.2, 0.25) is 0 Å². The standard InChI is InChI=1S/C11H12Br2N2OS/c1-2-3-15-10(8(13)5-14-15)11(16)9-4-7(12)6-17-9/h4-6,11,16H,2-3H2,1H3. The molecule has 1 atom stereocenters. The Bertz CT molecular complexity index is 509. The van der Waals surface area contributed by atoms with Gasteiger partial charge in [-0.15, -0.1) is 11.3 Å². The van der Waals surface area contributed by atoms with Crippen LogP contribution in [0.25, 0.3) is 0 Å². The molecule has 0 fully saturated rings. The van der Waals surface area contributed by atoms with Crippen LogP contribution in [-0.4, -0.2) is 14.9 Å². The predicted octanol–water partition coefficient (Wildman–Crippen LogP) is 3.96. The van der Waals surface area contributed by atoms with Crippen molar-refractivity contribution in [3.63, 3.8) is 0 Å². The van der Waals surface area contributed by atoms with E-state index in [-0.39, 0.29) is 0 Å². The van der Waals surface area contributed by atoms with E-state index in [9.17, 15) is 5.11 Å². The summed E-state index contributed by atoms with van der Waals surface area (Å²) in [6.45, 7) is 2.90. The van der Waals surface area contributed by atoms with Crippen molar-refractivity contribution in [1.29, 1.82) is 0 Å². The molecule has 0 saturated heterocycles. The molecule has 1 unspecified atom stereocenters. The lowest BCUT2D eigenvalue weighted by atomic mass is 10.2. The van der Waals surface area contributed by atoms with Crippen LogP contribution in [0.15, 0.2) is 26.6 Å². The summed E-state index contributed by atoms with van der Waals surface area (Å²) in [5.74, 6) is 0. The van der Waals surface area contributed by atoms with Crippen molar-refractivity contribution in [1.82, 2.24) is 9.78 Å². The highest BCUT2D eigenvalue weighted by atomic mass is 79.9. The first-order chi connectivity index (χ1) is 8.13. The molecule has 0 bridgehead atoms. The first-order valence-electron chi connectivity index (χ1n) is 5.26. The second-order valence-electron chi connectivity index (χ2n) is 3.67. The third-order valence-electron chi connectivity index (χ3n) is 2.38. The molecule has 0 aliphatic rings. The number of nitrogens with zero attached hydrogens (tertiary/aromatic N) is 2. The molecule has 2 heterocycles. The summed E-state index contributed by atoms with van der Waals surface area (Å²) < 4.78 is 3.69. The highest BCUT2D eigenvalue weighted by Gasteiger charge is 2.20.